The molecule has 0 spiro atoms. The van der Waals surface area contributed by atoms with Crippen LogP contribution in [0.25, 0.3) is 0 Å². The molecule has 0 aromatic heterocycles. The maximum Gasteiger partial charge on any atom is 0.218 e. The lowest BCUT2D eigenvalue weighted by Crippen LogP contribution is -2.30. The van der Waals surface area contributed by atoms with E-state index in [4.69, 9.17) is 5.73 Å². The van der Waals surface area contributed by atoms with Gasteiger partial charge in [0.05, 0.1) is 5.75 Å². The Labute approximate surface area is 102 Å². The van der Waals surface area contributed by atoms with Gasteiger partial charge in [0.15, 0.2) is 0 Å². The average molecular weight is 252 g/mol. The lowest BCUT2D eigenvalue weighted by molar-refractivity contribution is 0.483. The largest absolute Gasteiger partial charge is 0.399 e. The monoisotopic (exact) mass is 252 g/mol. The van der Waals surface area contributed by atoms with Crippen LogP contribution in [0.15, 0.2) is 35.9 Å². The van der Waals surface area contributed by atoms with Crippen molar-refractivity contribution in [2.45, 2.75) is 12.7 Å². The molecule has 1 aromatic carbocycles. The normalized spacial score (nSPS) is 17.1. The Morgan fingerprint density at radius 2 is 2.18 bits per heavy atom. The Morgan fingerprint density at radius 3 is 2.76 bits per heavy atom. The van der Waals surface area contributed by atoms with Crippen molar-refractivity contribution in [1.29, 1.82) is 0 Å². The quantitative estimate of drug-likeness (QED) is 0.652. The van der Waals surface area contributed by atoms with Gasteiger partial charge in [-0.3, -0.25) is 0 Å². The second kappa shape index (κ2) is 4.50. The van der Waals surface area contributed by atoms with E-state index in [9.17, 15) is 8.42 Å². The van der Waals surface area contributed by atoms with Crippen LogP contribution in [0.4, 0.5) is 5.69 Å². The van der Waals surface area contributed by atoms with E-state index in [2.05, 4.69) is 0 Å². The number of hydrogen-bond donors (Lipinski definition) is 1. The van der Waals surface area contributed by atoms with Crippen molar-refractivity contribution in [3.63, 3.8) is 0 Å². The van der Waals surface area contributed by atoms with E-state index in [1.807, 2.05) is 13.0 Å². The van der Waals surface area contributed by atoms with Crippen LogP contribution in [0.1, 0.15) is 12.5 Å². The molecule has 1 aliphatic heterocycles. The highest BCUT2D eigenvalue weighted by molar-refractivity contribution is 7.88. The molecule has 92 valence electrons. The van der Waals surface area contributed by atoms with Gasteiger partial charge in [0.2, 0.25) is 10.0 Å². The molecule has 5 heteroatoms. The van der Waals surface area contributed by atoms with E-state index in [1.165, 1.54) is 4.31 Å². The molecule has 0 saturated carbocycles. The van der Waals surface area contributed by atoms with Gasteiger partial charge < -0.3 is 5.73 Å². The SMILES string of the molecule is CC1=CCN(S(=O)(=O)Cc2cccc(N)c2)C1. The molecule has 0 bridgehead atoms. The second-order valence-corrected chi connectivity index (χ2v) is 6.31. The third-order valence-corrected chi connectivity index (χ3v) is 4.53. The minimum absolute atomic E-state index is 0.0131. The predicted octanol–water partition coefficient (Wildman–Crippen LogP) is 1.36. The number of nitrogens with two attached hydrogens (primary N) is 1. The van der Waals surface area contributed by atoms with Gasteiger partial charge in [-0.05, 0) is 24.6 Å². The summed E-state index contributed by atoms with van der Waals surface area (Å²) in [7, 11) is -3.24. The second-order valence-electron chi connectivity index (χ2n) is 4.34. The lowest BCUT2D eigenvalue weighted by atomic mass is 10.2. The van der Waals surface area contributed by atoms with Crippen molar-refractivity contribution in [3.8, 4) is 0 Å². The van der Waals surface area contributed by atoms with Gasteiger partial charge in [0.1, 0.15) is 0 Å². The van der Waals surface area contributed by atoms with E-state index in [1.54, 1.807) is 24.3 Å². The summed E-state index contributed by atoms with van der Waals surface area (Å²) < 4.78 is 25.7. The molecule has 0 fully saturated rings. The van der Waals surface area contributed by atoms with Gasteiger partial charge in [0, 0.05) is 18.8 Å². The van der Waals surface area contributed by atoms with Gasteiger partial charge in [-0.15, -0.1) is 0 Å². The molecular formula is C12H16N2O2S. The molecule has 0 radical (unpaired) electrons. The molecule has 0 unspecified atom stereocenters. The molecule has 1 aliphatic rings. The lowest BCUT2D eigenvalue weighted by Gasteiger charge is -2.16. The minimum Gasteiger partial charge on any atom is -0.399 e. The van der Waals surface area contributed by atoms with Crippen LogP contribution in [0, 0.1) is 0 Å². The van der Waals surface area contributed by atoms with E-state index in [-0.39, 0.29) is 5.75 Å². The van der Waals surface area contributed by atoms with Crippen molar-refractivity contribution in [3.05, 3.63) is 41.5 Å². The number of hydrogen-bond acceptors (Lipinski definition) is 3. The highest BCUT2D eigenvalue weighted by Gasteiger charge is 2.24. The molecule has 0 aliphatic carbocycles. The van der Waals surface area contributed by atoms with E-state index >= 15 is 0 Å². The van der Waals surface area contributed by atoms with Crippen molar-refractivity contribution < 1.29 is 8.42 Å². The highest BCUT2D eigenvalue weighted by Crippen LogP contribution is 2.18. The zero-order valence-electron chi connectivity index (χ0n) is 9.76. The summed E-state index contributed by atoms with van der Waals surface area (Å²) in [6, 6.07) is 7.00. The highest BCUT2D eigenvalue weighted by atomic mass is 32.2. The molecule has 0 amide bonds. The van der Waals surface area contributed by atoms with Crippen LogP contribution in [-0.4, -0.2) is 25.8 Å². The summed E-state index contributed by atoms with van der Waals surface area (Å²) in [5.74, 6) is 0.0131. The first kappa shape index (κ1) is 12.1. The van der Waals surface area contributed by atoms with Crippen LogP contribution in [0.5, 0.6) is 0 Å². The first-order chi connectivity index (χ1) is 7.97. The topological polar surface area (TPSA) is 63.4 Å². The van der Waals surface area contributed by atoms with Crippen LogP contribution >= 0.6 is 0 Å². The molecule has 17 heavy (non-hydrogen) atoms. The number of anilines is 1. The zero-order chi connectivity index (χ0) is 12.5. The molecule has 2 rings (SSSR count). The summed E-state index contributed by atoms with van der Waals surface area (Å²) in [5.41, 5.74) is 8.05. The Kier molecular flexibility index (Phi) is 3.22. The van der Waals surface area contributed by atoms with E-state index in [0.717, 1.165) is 11.1 Å². The molecule has 2 N–H and O–H groups in total. The standard InChI is InChI=1S/C12H16N2O2S/c1-10-5-6-14(8-10)17(15,16)9-11-3-2-4-12(13)7-11/h2-5,7H,6,8-9,13H2,1H3. The van der Waals surface area contributed by atoms with Crippen molar-refractivity contribution in [2.75, 3.05) is 18.8 Å². The first-order valence-corrected chi connectivity index (χ1v) is 7.06. The molecule has 0 atom stereocenters. The number of rotatable bonds is 3. The molecule has 1 aromatic rings. The fourth-order valence-corrected chi connectivity index (χ4v) is 3.35. The van der Waals surface area contributed by atoms with Gasteiger partial charge in [-0.2, -0.15) is 4.31 Å². The predicted molar refractivity (Wildman–Crippen MR) is 68.8 cm³/mol. The van der Waals surface area contributed by atoms with Gasteiger partial charge in [0.25, 0.3) is 0 Å². The number of nitrogen functional groups attached to an aromatic ring is 1. The zero-order valence-corrected chi connectivity index (χ0v) is 10.6. The number of benzene rings is 1. The van der Waals surface area contributed by atoms with Gasteiger partial charge in [-0.1, -0.05) is 23.8 Å². The summed E-state index contributed by atoms with van der Waals surface area (Å²) >= 11 is 0. The van der Waals surface area contributed by atoms with Gasteiger partial charge >= 0.3 is 0 Å². The number of sulfonamides is 1. The smallest absolute Gasteiger partial charge is 0.218 e. The summed E-state index contributed by atoms with van der Waals surface area (Å²) in [4.78, 5) is 0. The fourth-order valence-electron chi connectivity index (χ4n) is 1.86. The van der Waals surface area contributed by atoms with Crippen LogP contribution in [0.3, 0.4) is 0 Å². The molecule has 0 saturated heterocycles. The average Bonchev–Trinajstić information content (AvgIpc) is 2.65. The van der Waals surface area contributed by atoms with Crippen molar-refractivity contribution in [1.82, 2.24) is 4.31 Å². The summed E-state index contributed by atoms with van der Waals surface area (Å²) in [6.45, 7) is 2.93. The fraction of sp³-hybridized carbons (Fsp3) is 0.333. The van der Waals surface area contributed by atoms with Crippen LogP contribution in [0.2, 0.25) is 0 Å². The third-order valence-electron chi connectivity index (χ3n) is 2.76. The van der Waals surface area contributed by atoms with Crippen LogP contribution in [-0.2, 0) is 15.8 Å². The van der Waals surface area contributed by atoms with Crippen LogP contribution < -0.4 is 5.73 Å². The van der Waals surface area contributed by atoms with Crippen molar-refractivity contribution >= 4 is 15.7 Å². The maximum absolute atomic E-state index is 12.1. The summed E-state index contributed by atoms with van der Waals surface area (Å²) in [6.07, 6.45) is 1.94. The molecular weight excluding hydrogens is 236 g/mol. The first-order valence-electron chi connectivity index (χ1n) is 5.45. The number of nitrogens with zero attached hydrogens (tertiary/aromatic N) is 1. The summed E-state index contributed by atoms with van der Waals surface area (Å²) in [5, 5.41) is 0. The maximum atomic E-state index is 12.1. The molecule has 1 heterocycles. The Hall–Kier alpha value is -1.33. The van der Waals surface area contributed by atoms with E-state index < -0.39 is 10.0 Å². The Bertz CT molecular complexity index is 549. The Balaban J connectivity index is 2.13. The molecule has 4 nitrogen and oxygen atoms in total. The minimum atomic E-state index is -3.24. The van der Waals surface area contributed by atoms with E-state index in [0.29, 0.717) is 18.8 Å². The Morgan fingerprint density at radius 1 is 1.41 bits per heavy atom. The van der Waals surface area contributed by atoms with Crippen molar-refractivity contribution in [2.24, 2.45) is 0 Å². The third kappa shape index (κ3) is 2.87. The van der Waals surface area contributed by atoms with Gasteiger partial charge in [-0.25, -0.2) is 8.42 Å².